The maximum atomic E-state index is 12.2. The van der Waals surface area contributed by atoms with Gasteiger partial charge < -0.3 is 15.0 Å². The molecular weight excluding hydrogens is 252 g/mol. The molecule has 0 aliphatic heterocycles. The first kappa shape index (κ1) is 12.3. The lowest BCUT2D eigenvalue weighted by molar-refractivity contribution is 0.102. The molecule has 0 radical (unpaired) electrons. The summed E-state index contributed by atoms with van der Waals surface area (Å²) in [4.78, 5) is 15.3. The number of ether oxygens (including phenoxy) is 1. The maximum absolute atomic E-state index is 12.2. The molecule has 3 rings (SSSR count). The van der Waals surface area contributed by atoms with Crippen LogP contribution in [0, 0.1) is 0 Å². The second-order valence-electron chi connectivity index (χ2n) is 4.43. The van der Waals surface area contributed by atoms with Crippen LogP contribution in [0.2, 0.25) is 0 Å². The van der Waals surface area contributed by atoms with Crippen LogP contribution in [0.3, 0.4) is 0 Å². The SMILES string of the molecule is COc1ccc(C(=O)Nc2cccc3cc[nH]c23)cc1. The van der Waals surface area contributed by atoms with Gasteiger partial charge in [-0.25, -0.2) is 0 Å². The van der Waals surface area contributed by atoms with Gasteiger partial charge in [-0.2, -0.15) is 0 Å². The van der Waals surface area contributed by atoms with Gasteiger partial charge in [-0.15, -0.1) is 0 Å². The summed E-state index contributed by atoms with van der Waals surface area (Å²) in [5.74, 6) is 0.586. The van der Waals surface area contributed by atoms with Gasteiger partial charge in [0.1, 0.15) is 5.75 Å². The predicted octanol–water partition coefficient (Wildman–Crippen LogP) is 3.43. The van der Waals surface area contributed by atoms with E-state index in [4.69, 9.17) is 4.74 Å². The van der Waals surface area contributed by atoms with E-state index in [2.05, 4.69) is 10.3 Å². The van der Waals surface area contributed by atoms with Crippen molar-refractivity contribution in [3.8, 4) is 5.75 Å². The van der Waals surface area contributed by atoms with E-state index in [0.717, 1.165) is 22.3 Å². The molecule has 0 saturated carbocycles. The summed E-state index contributed by atoms with van der Waals surface area (Å²) >= 11 is 0. The summed E-state index contributed by atoms with van der Waals surface area (Å²) in [6.45, 7) is 0. The first-order valence-corrected chi connectivity index (χ1v) is 6.29. The number of hydrogen-bond donors (Lipinski definition) is 2. The zero-order valence-electron chi connectivity index (χ0n) is 11.0. The molecule has 0 unspecified atom stereocenters. The van der Waals surface area contributed by atoms with Crippen molar-refractivity contribution in [2.45, 2.75) is 0 Å². The summed E-state index contributed by atoms with van der Waals surface area (Å²) in [6.07, 6.45) is 1.85. The Balaban J connectivity index is 1.86. The number of para-hydroxylation sites is 1. The first-order chi connectivity index (χ1) is 9.78. The minimum absolute atomic E-state index is 0.144. The number of amides is 1. The number of benzene rings is 2. The van der Waals surface area contributed by atoms with Gasteiger partial charge in [-0.3, -0.25) is 4.79 Å². The zero-order valence-corrected chi connectivity index (χ0v) is 11.0. The molecule has 3 aromatic rings. The number of anilines is 1. The average Bonchev–Trinajstić information content (AvgIpc) is 2.97. The molecule has 0 spiro atoms. The van der Waals surface area contributed by atoms with Gasteiger partial charge in [0.15, 0.2) is 0 Å². The molecule has 0 atom stereocenters. The third-order valence-corrected chi connectivity index (χ3v) is 3.19. The molecule has 0 bridgehead atoms. The molecule has 1 heterocycles. The highest BCUT2D eigenvalue weighted by atomic mass is 16.5. The summed E-state index contributed by atoms with van der Waals surface area (Å²) in [5.41, 5.74) is 2.29. The van der Waals surface area contributed by atoms with Gasteiger partial charge >= 0.3 is 0 Å². The molecule has 20 heavy (non-hydrogen) atoms. The van der Waals surface area contributed by atoms with Crippen LogP contribution in [0.5, 0.6) is 5.75 Å². The molecule has 0 saturated heterocycles. The number of nitrogens with one attached hydrogen (secondary N) is 2. The van der Waals surface area contributed by atoms with Gasteiger partial charge in [0.05, 0.1) is 18.3 Å². The van der Waals surface area contributed by atoms with E-state index in [9.17, 15) is 4.79 Å². The minimum Gasteiger partial charge on any atom is -0.497 e. The molecule has 0 aliphatic rings. The number of fused-ring (bicyclic) bond motifs is 1. The van der Waals surface area contributed by atoms with Crippen LogP contribution >= 0.6 is 0 Å². The zero-order chi connectivity index (χ0) is 13.9. The van der Waals surface area contributed by atoms with E-state index < -0.39 is 0 Å². The highest BCUT2D eigenvalue weighted by Gasteiger charge is 2.08. The Bertz CT molecular complexity index is 745. The molecule has 4 nitrogen and oxygen atoms in total. The Hall–Kier alpha value is -2.75. The number of rotatable bonds is 3. The van der Waals surface area contributed by atoms with E-state index >= 15 is 0 Å². The van der Waals surface area contributed by atoms with Crippen molar-refractivity contribution in [2.24, 2.45) is 0 Å². The third-order valence-electron chi connectivity index (χ3n) is 3.19. The van der Waals surface area contributed by atoms with Crippen molar-refractivity contribution in [2.75, 3.05) is 12.4 Å². The second-order valence-corrected chi connectivity index (χ2v) is 4.43. The topological polar surface area (TPSA) is 54.1 Å². The number of aromatic amines is 1. The Morgan fingerprint density at radius 2 is 1.90 bits per heavy atom. The van der Waals surface area contributed by atoms with Crippen molar-refractivity contribution in [1.82, 2.24) is 4.98 Å². The fraction of sp³-hybridized carbons (Fsp3) is 0.0625. The number of methoxy groups -OCH3 is 1. The van der Waals surface area contributed by atoms with Gasteiger partial charge in [0.25, 0.3) is 5.91 Å². The first-order valence-electron chi connectivity index (χ1n) is 6.29. The standard InChI is InChI=1S/C16H14N2O2/c1-20-13-7-5-12(6-8-13)16(19)18-14-4-2-3-11-9-10-17-15(11)14/h2-10,17H,1H3,(H,18,19). The smallest absolute Gasteiger partial charge is 0.255 e. The van der Waals surface area contributed by atoms with Crippen molar-refractivity contribution in [3.63, 3.8) is 0 Å². The molecule has 100 valence electrons. The lowest BCUT2D eigenvalue weighted by atomic mass is 10.2. The van der Waals surface area contributed by atoms with Gasteiger partial charge in [0, 0.05) is 17.1 Å². The fourth-order valence-corrected chi connectivity index (χ4v) is 2.13. The van der Waals surface area contributed by atoms with Crippen LogP contribution in [0.15, 0.2) is 54.7 Å². The average molecular weight is 266 g/mol. The van der Waals surface area contributed by atoms with E-state index in [1.165, 1.54) is 0 Å². The highest BCUT2D eigenvalue weighted by Crippen LogP contribution is 2.22. The third kappa shape index (κ3) is 2.23. The number of H-pyrrole nitrogens is 1. The van der Waals surface area contributed by atoms with Gasteiger partial charge in [-0.05, 0) is 36.4 Å². The molecular formula is C16H14N2O2. The molecule has 4 heteroatoms. The van der Waals surface area contributed by atoms with Crippen molar-refractivity contribution in [1.29, 1.82) is 0 Å². The summed E-state index contributed by atoms with van der Waals surface area (Å²) in [6, 6.07) is 14.8. The molecule has 1 aromatic heterocycles. The highest BCUT2D eigenvalue weighted by molar-refractivity contribution is 6.08. The van der Waals surface area contributed by atoms with Crippen molar-refractivity contribution >= 4 is 22.5 Å². The summed E-state index contributed by atoms with van der Waals surface area (Å²) in [7, 11) is 1.60. The molecule has 2 aromatic carbocycles. The van der Waals surface area contributed by atoms with Crippen LogP contribution in [0.1, 0.15) is 10.4 Å². The molecule has 0 fully saturated rings. The Morgan fingerprint density at radius 1 is 1.10 bits per heavy atom. The quantitative estimate of drug-likeness (QED) is 0.763. The Morgan fingerprint density at radius 3 is 2.65 bits per heavy atom. The van der Waals surface area contributed by atoms with Crippen molar-refractivity contribution in [3.05, 3.63) is 60.3 Å². The van der Waals surface area contributed by atoms with Crippen molar-refractivity contribution < 1.29 is 9.53 Å². The van der Waals surface area contributed by atoms with Crippen LogP contribution in [0.25, 0.3) is 10.9 Å². The normalized spacial score (nSPS) is 10.4. The van der Waals surface area contributed by atoms with E-state index in [-0.39, 0.29) is 5.91 Å². The lowest BCUT2D eigenvalue weighted by Gasteiger charge is -2.07. The molecule has 2 N–H and O–H groups in total. The van der Waals surface area contributed by atoms with Crippen LogP contribution in [-0.2, 0) is 0 Å². The largest absolute Gasteiger partial charge is 0.497 e. The fourth-order valence-electron chi connectivity index (χ4n) is 2.13. The lowest BCUT2D eigenvalue weighted by Crippen LogP contribution is -2.12. The number of hydrogen-bond acceptors (Lipinski definition) is 2. The number of aromatic nitrogens is 1. The Kier molecular flexibility index (Phi) is 3.13. The summed E-state index contributed by atoms with van der Waals surface area (Å²) < 4.78 is 5.08. The summed E-state index contributed by atoms with van der Waals surface area (Å²) in [5, 5.41) is 3.98. The molecule has 1 amide bonds. The minimum atomic E-state index is -0.144. The number of carbonyl (C=O) groups excluding carboxylic acids is 1. The van der Waals surface area contributed by atoms with E-state index in [0.29, 0.717) is 5.56 Å². The van der Waals surface area contributed by atoms with Crippen LogP contribution in [0.4, 0.5) is 5.69 Å². The number of carbonyl (C=O) groups is 1. The second kappa shape index (κ2) is 5.09. The van der Waals surface area contributed by atoms with Gasteiger partial charge in [0.2, 0.25) is 0 Å². The predicted molar refractivity (Wildman–Crippen MR) is 79.2 cm³/mol. The van der Waals surface area contributed by atoms with Gasteiger partial charge in [-0.1, -0.05) is 12.1 Å². The monoisotopic (exact) mass is 266 g/mol. The van der Waals surface area contributed by atoms with Crippen LogP contribution in [-0.4, -0.2) is 18.0 Å². The van der Waals surface area contributed by atoms with Crippen LogP contribution < -0.4 is 10.1 Å². The van der Waals surface area contributed by atoms with E-state index in [1.54, 1.807) is 31.4 Å². The van der Waals surface area contributed by atoms with E-state index in [1.807, 2.05) is 30.5 Å². The Labute approximate surface area is 116 Å². The molecule has 0 aliphatic carbocycles. The maximum Gasteiger partial charge on any atom is 0.255 e.